The molecule has 6 heteroatoms. The highest BCUT2D eigenvalue weighted by Crippen LogP contribution is 2.26. The van der Waals surface area contributed by atoms with E-state index in [0.717, 1.165) is 43.6 Å². The van der Waals surface area contributed by atoms with Crippen LogP contribution in [0.1, 0.15) is 15.9 Å². The Balaban J connectivity index is 1.42. The average Bonchev–Trinajstić information content (AvgIpc) is 3.03. The molecule has 1 aromatic heterocycles. The Morgan fingerprint density at radius 2 is 1.81 bits per heavy atom. The predicted octanol–water partition coefficient (Wildman–Crippen LogP) is 2.54. The molecule has 2 heterocycles. The standard InChI is InChI=1S/C21H24N4O2/c1-23-21(27-2)18-9-8-17(14-19(18)22-23)20(26)25-12-10-24(11-13-25)15-16-6-4-3-5-7-16/h3-9,14H,10-13,15H2,1-2H3. The van der Waals surface area contributed by atoms with Gasteiger partial charge in [-0.1, -0.05) is 30.3 Å². The number of carbonyl (C=O) groups is 1. The van der Waals surface area contributed by atoms with Crippen molar-refractivity contribution < 1.29 is 9.53 Å². The maximum Gasteiger partial charge on any atom is 0.254 e. The van der Waals surface area contributed by atoms with Crippen LogP contribution in [0.3, 0.4) is 0 Å². The zero-order chi connectivity index (χ0) is 18.8. The minimum absolute atomic E-state index is 0.0703. The molecule has 1 aliphatic heterocycles. The molecular formula is C21H24N4O2. The van der Waals surface area contributed by atoms with Crippen LogP contribution in [0.5, 0.6) is 5.88 Å². The Morgan fingerprint density at radius 3 is 2.52 bits per heavy atom. The van der Waals surface area contributed by atoms with Gasteiger partial charge in [0.2, 0.25) is 5.88 Å². The largest absolute Gasteiger partial charge is 0.481 e. The number of rotatable bonds is 4. The van der Waals surface area contributed by atoms with E-state index in [2.05, 4.69) is 34.3 Å². The molecule has 0 N–H and O–H groups in total. The summed E-state index contributed by atoms with van der Waals surface area (Å²) in [6.45, 7) is 4.20. The fourth-order valence-corrected chi connectivity index (χ4v) is 3.68. The summed E-state index contributed by atoms with van der Waals surface area (Å²) in [6, 6.07) is 16.1. The van der Waals surface area contributed by atoms with Gasteiger partial charge in [0.15, 0.2) is 0 Å². The number of hydrogen-bond acceptors (Lipinski definition) is 4. The van der Waals surface area contributed by atoms with Gasteiger partial charge in [0.25, 0.3) is 5.91 Å². The van der Waals surface area contributed by atoms with Crippen molar-refractivity contribution >= 4 is 16.8 Å². The van der Waals surface area contributed by atoms with E-state index < -0.39 is 0 Å². The molecular weight excluding hydrogens is 340 g/mol. The molecule has 0 aliphatic carbocycles. The average molecular weight is 364 g/mol. The Bertz CT molecular complexity index is 943. The highest BCUT2D eigenvalue weighted by atomic mass is 16.5. The van der Waals surface area contributed by atoms with E-state index in [0.29, 0.717) is 11.4 Å². The second kappa shape index (κ2) is 7.40. The van der Waals surface area contributed by atoms with Crippen molar-refractivity contribution in [2.45, 2.75) is 6.54 Å². The Kier molecular flexibility index (Phi) is 4.81. The summed E-state index contributed by atoms with van der Waals surface area (Å²) in [6.07, 6.45) is 0. The van der Waals surface area contributed by atoms with Crippen LogP contribution in [0.15, 0.2) is 48.5 Å². The number of aryl methyl sites for hydroxylation is 1. The summed E-state index contributed by atoms with van der Waals surface area (Å²) in [5, 5.41) is 5.36. The minimum Gasteiger partial charge on any atom is -0.481 e. The molecule has 0 saturated carbocycles. The SMILES string of the molecule is COc1c2ccc(C(=O)N3CCN(Cc4ccccc4)CC3)cc2nn1C. The molecule has 0 unspecified atom stereocenters. The number of fused-ring (bicyclic) bond motifs is 1. The molecule has 3 aromatic rings. The zero-order valence-electron chi connectivity index (χ0n) is 15.8. The first kappa shape index (κ1) is 17.5. The molecule has 1 aliphatic rings. The van der Waals surface area contributed by atoms with Crippen LogP contribution in [0, 0.1) is 0 Å². The number of methoxy groups -OCH3 is 1. The number of benzene rings is 2. The van der Waals surface area contributed by atoms with Crippen LogP contribution in [-0.2, 0) is 13.6 Å². The highest BCUT2D eigenvalue weighted by Gasteiger charge is 2.23. The third-order valence-corrected chi connectivity index (χ3v) is 5.13. The second-order valence-electron chi connectivity index (χ2n) is 6.92. The fourth-order valence-electron chi connectivity index (χ4n) is 3.68. The lowest BCUT2D eigenvalue weighted by molar-refractivity contribution is 0.0628. The Morgan fingerprint density at radius 1 is 1.07 bits per heavy atom. The van der Waals surface area contributed by atoms with Gasteiger partial charge in [0.05, 0.1) is 18.0 Å². The monoisotopic (exact) mass is 364 g/mol. The normalized spacial score (nSPS) is 15.3. The molecule has 2 aromatic carbocycles. The molecule has 140 valence electrons. The van der Waals surface area contributed by atoms with Crippen molar-refractivity contribution in [2.24, 2.45) is 7.05 Å². The summed E-state index contributed by atoms with van der Waals surface area (Å²) >= 11 is 0. The molecule has 27 heavy (non-hydrogen) atoms. The molecule has 0 atom stereocenters. The van der Waals surface area contributed by atoms with Crippen molar-refractivity contribution in [2.75, 3.05) is 33.3 Å². The van der Waals surface area contributed by atoms with E-state index in [-0.39, 0.29) is 5.91 Å². The number of hydrogen-bond donors (Lipinski definition) is 0. The molecule has 1 amide bonds. The maximum absolute atomic E-state index is 12.9. The van der Waals surface area contributed by atoms with Gasteiger partial charge >= 0.3 is 0 Å². The van der Waals surface area contributed by atoms with E-state index >= 15 is 0 Å². The van der Waals surface area contributed by atoms with E-state index in [1.807, 2.05) is 36.2 Å². The number of aromatic nitrogens is 2. The first-order valence-corrected chi connectivity index (χ1v) is 9.22. The number of nitrogens with zero attached hydrogens (tertiary/aromatic N) is 4. The van der Waals surface area contributed by atoms with Gasteiger partial charge < -0.3 is 9.64 Å². The molecule has 4 rings (SSSR count). The lowest BCUT2D eigenvalue weighted by Crippen LogP contribution is -2.48. The summed E-state index contributed by atoms with van der Waals surface area (Å²) in [4.78, 5) is 17.2. The lowest BCUT2D eigenvalue weighted by atomic mass is 10.1. The van der Waals surface area contributed by atoms with Crippen molar-refractivity contribution in [3.8, 4) is 5.88 Å². The van der Waals surface area contributed by atoms with Gasteiger partial charge in [-0.15, -0.1) is 0 Å². The number of piperazine rings is 1. The van der Waals surface area contributed by atoms with Gasteiger partial charge in [-0.25, -0.2) is 4.68 Å². The third-order valence-electron chi connectivity index (χ3n) is 5.13. The molecule has 0 radical (unpaired) electrons. The quantitative estimate of drug-likeness (QED) is 0.714. The van der Waals surface area contributed by atoms with Gasteiger partial charge in [0.1, 0.15) is 0 Å². The molecule has 1 fully saturated rings. The highest BCUT2D eigenvalue weighted by molar-refractivity contribution is 5.98. The number of ether oxygens (including phenoxy) is 1. The van der Waals surface area contributed by atoms with E-state index in [1.54, 1.807) is 11.8 Å². The summed E-state index contributed by atoms with van der Waals surface area (Å²) in [5.41, 5.74) is 2.77. The van der Waals surface area contributed by atoms with Crippen LogP contribution < -0.4 is 4.74 Å². The summed E-state index contributed by atoms with van der Waals surface area (Å²) < 4.78 is 7.07. The first-order valence-electron chi connectivity index (χ1n) is 9.22. The van der Waals surface area contributed by atoms with Gasteiger partial charge in [-0.05, 0) is 23.8 Å². The van der Waals surface area contributed by atoms with Gasteiger partial charge in [-0.3, -0.25) is 9.69 Å². The van der Waals surface area contributed by atoms with Crippen LogP contribution in [0.2, 0.25) is 0 Å². The smallest absolute Gasteiger partial charge is 0.254 e. The Labute approximate surface area is 158 Å². The van der Waals surface area contributed by atoms with Gasteiger partial charge in [-0.2, -0.15) is 5.10 Å². The number of carbonyl (C=O) groups excluding carboxylic acids is 1. The molecule has 0 bridgehead atoms. The maximum atomic E-state index is 12.9. The van der Waals surface area contributed by atoms with Crippen molar-refractivity contribution in [3.05, 3.63) is 59.7 Å². The minimum atomic E-state index is 0.0703. The van der Waals surface area contributed by atoms with Crippen molar-refractivity contribution in [3.63, 3.8) is 0 Å². The third kappa shape index (κ3) is 3.53. The predicted molar refractivity (Wildman–Crippen MR) is 105 cm³/mol. The van der Waals surface area contributed by atoms with E-state index in [4.69, 9.17) is 4.74 Å². The lowest BCUT2D eigenvalue weighted by Gasteiger charge is -2.34. The molecule has 6 nitrogen and oxygen atoms in total. The first-order chi connectivity index (χ1) is 13.2. The Hall–Kier alpha value is -2.86. The fraction of sp³-hybridized carbons (Fsp3) is 0.333. The van der Waals surface area contributed by atoms with Crippen LogP contribution in [0.25, 0.3) is 10.9 Å². The van der Waals surface area contributed by atoms with Gasteiger partial charge in [0, 0.05) is 45.3 Å². The zero-order valence-corrected chi connectivity index (χ0v) is 15.8. The van der Waals surface area contributed by atoms with E-state index in [1.165, 1.54) is 5.56 Å². The van der Waals surface area contributed by atoms with Crippen molar-refractivity contribution in [1.29, 1.82) is 0 Å². The van der Waals surface area contributed by atoms with E-state index in [9.17, 15) is 4.79 Å². The topological polar surface area (TPSA) is 50.6 Å². The van der Waals surface area contributed by atoms with Crippen LogP contribution in [-0.4, -0.2) is 58.8 Å². The van der Waals surface area contributed by atoms with Crippen LogP contribution >= 0.6 is 0 Å². The molecule has 1 saturated heterocycles. The van der Waals surface area contributed by atoms with Crippen LogP contribution in [0.4, 0.5) is 0 Å². The molecule has 0 spiro atoms. The van der Waals surface area contributed by atoms with Crippen molar-refractivity contribution in [1.82, 2.24) is 19.6 Å². The number of amides is 1. The summed E-state index contributed by atoms with van der Waals surface area (Å²) in [7, 11) is 3.47. The second-order valence-corrected chi connectivity index (χ2v) is 6.92. The summed E-state index contributed by atoms with van der Waals surface area (Å²) in [5.74, 6) is 0.777.